The van der Waals surface area contributed by atoms with Crippen LogP contribution in [-0.4, -0.2) is 34.2 Å². The largest absolute Gasteiger partial charge is 0.418 e. The summed E-state index contributed by atoms with van der Waals surface area (Å²) in [6.45, 7) is 2.32. The minimum absolute atomic E-state index is 0.0273. The molecule has 1 aromatic carbocycles. The van der Waals surface area contributed by atoms with Crippen molar-refractivity contribution in [1.82, 2.24) is 14.7 Å². The molecule has 130 valence electrons. The van der Waals surface area contributed by atoms with Crippen molar-refractivity contribution < 1.29 is 18.0 Å². The van der Waals surface area contributed by atoms with Crippen LogP contribution in [0.1, 0.15) is 16.8 Å². The van der Waals surface area contributed by atoms with Gasteiger partial charge in [-0.1, -0.05) is 12.1 Å². The second-order valence-corrected chi connectivity index (χ2v) is 5.68. The van der Waals surface area contributed by atoms with E-state index in [-0.39, 0.29) is 12.2 Å². The molecule has 0 atom stereocenters. The van der Waals surface area contributed by atoms with Gasteiger partial charge >= 0.3 is 6.18 Å². The van der Waals surface area contributed by atoms with Crippen LogP contribution in [0.3, 0.4) is 0 Å². The Kier molecular flexibility index (Phi) is 5.28. The van der Waals surface area contributed by atoms with E-state index in [2.05, 4.69) is 10.4 Å². The molecule has 1 N–H and O–H groups in total. The molecule has 2 rings (SSSR count). The number of rotatable bonds is 5. The van der Waals surface area contributed by atoms with Gasteiger partial charge in [0.05, 0.1) is 23.5 Å². The molecule has 0 spiro atoms. The summed E-state index contributed by atoms with van der Waals surface area (Å²) in [5.41, 5.74) is 0.723. The predicted molar refractivity (Wildman–Crippen MR) is 84.4 cm³/mol. The lowest BCUT2D eigenvalue weighted by Gasteiger charge is -2.17. The lowest BCUT2D eigenvalue weighted by Crippen LogP contribution is -2.30. The average molecular weight is 340 g/mol. The van der Waals surface area contributed by atoms with Gasteiger partial charge in [-0.25, -0.2) is 0 Å². The first kappa shape index (κ1) is 18.0. The predicted octanol–water partition coefficient (Wildman–Crippen LogP) is 2.82. The zero-order chi connectivity index (χ0) is 17.9. The molecule has 2 aromatic rings. The van der Waals surface area contributed by atoms with Crippen LogP contribution in [0.15, 0.2) is 30.5 Å². The number of halogens is 3. The molecule has 0 aliphatic heterocycles. The Morgan fingerprint density at radius 3 is 2.58 bits per heavy atom. The van der Waals surface area contributed by atoms with E-state index in [4.69, 9.17) is 0 Å². The third-order valence-electron chi connectivity index (χ3n) is 3.48. The van der Waals surface area contributed by atoms with E-state index in [1.54, 1.807) is 23.7 Å². The van der Waals surface area contributed by atoms with Crippen LogP contribution in [0.2, 0.25) is 0 Å². The van der Waals surface area contributed by atoms with Gasteiger partial charge in [-0.2, -0.15) is 18.3 Å². The topological polar surface area (TPSA) is 50.2 Å². The number of likely N-dealkylation sites (N-methyl/N-ethyl adjacent to an activating group) is 1. The Bertz CT molecular complexity index is 724. The normalized spacial score (nSPS) is 11.8. The minimum Gasteiger partial charge on any atom is -0.324 e. The van der Waals surface area contributed by atoms with Crippen molar-refractivity contribution in [3.05, 3.63) is 47.3 Å². The Labute approximate surface area is 138 Å². The summed E-state index contributed by atoms with van der Waals surface area (Å²) in [7, 11) is 3.53. The zero-order valence-corrected chi connectivity index (χ0v) is 13.7. The summed E-state index contributed by atoms with van der Waals surface area (Å²) in [5, 5.41) is 6.55. The number of anilines is 1. The van der Waals surface area contributed by atoms with Crippen molar-refractivity contribution in [3.8, 4) is 0 Å². The monoisotopic (exact) mass is 340 g/mol. The van der Waals surface area contributed by atoms with Crippen molar-refractivity contribution in [2.75, 3.05) is 18.9 Å². The number of carbonyl (C=O) groups excluding carboxylic acids is 1. The van der Waals surface area contributed by atoms with E-state index < -0.39 is 17.6 Å². The summed E-state index contributed by atoms with van der Waals surface area (Å²) in [6.07, 6.45) is -2.66. The summed E-state index contributed by atoms with van der Waals surface area (Å²) < 4.78 is 40.5. The fourth-order valence-corrected chi connectivity index (χ4v) is 2.42. The van der Waals surface area contributed by atoms with E-state index in [0.717, 1.165) is 17.3 Å². The van der Waals surface area contributed by atoms with E-state index in [9.17, 15) is 18.0 Å². The maximum absolute atomic E-state index is 12.9. The van der Waals surface area contributed by atoms with Crippen LogP contribution < -0.4 is 5.32 Å². The molecule has 0 aliphatic rings. The number of amides is 1. The van der Waals surface area contributed by atoms with Gasteiger partial charge in [-0.3, -0.25) is 14.4 Å². The molecule has 0 saturated heterocycles. The van der Waals surface area contributed by atoms with Gasteiger partial charge in [0.2, 0.25) is 5.91 Å². The summed E-state index contributed by atoms with van der Waals surface area (Å²) in [6, 6.07) is 4.92. The number of aryl methyl sites for hydroxylation is 2. The molecular formula is C16H19F3N4O. The lowest BCUT2D eigenvalue weighted by atomic mass is 10.1. The highest BCUT2D eigenvalue weighted by molar-refractivity contribution is 5.93. The van der Waals surface area contributed by atoms with Crippen LogP contribution in [-0.2, 0) is 24.6 Å². The number of nitrogens with zero attached hydrogens (tertiary/aromatic N) is 3. The molecule has 8 heteroatoms. The van der Waals surface area contributed by atoms with Gasteiger partial charge in [0, 0.05) is 25.4 Å². The van der Waals surface area contributed by atoms with Gasteiger partial charge in [-0.05, 0) is 26.1 Å². The average Bonchev–Trinajstić information content (AvgIpc) is 2.75. The fourth-order valence-electron chi connectivity index (χ4n) is 2.42. The molecule has 0 bridgehead atoms. The Morgan fingerprint density at radius 1 is 1.33 bits per heavy atom. The van der Waals surface area contributed by atoms with E-state index in [1.165, 1.54) is 18.2 Å². The maximum Gasteiger partial charge on any atom is 0.418 e. The Morgan fingerprint density at radius 2 is 2.00 bits per heavy atom. The number of hydrogen-bond acceptors (Lipinski definition) is 3. The van der Waals surface area contributed by atoms with Gasteiger partial charge in [0.15, 0.2) is 0 Å². The summed E-state index contributed by atoms with van der Waals surface area (Å²) in [4.78, 5) is 13.8. The van der Waals surface area contributed by atoms with Gasteiger partial charge in [0.25, 0.3) is 0 Å². The number of carbonyl (C=O) groups is 1. The van der Waals surface area contributed by atoms with Crippen molar-refractivity contribution >= 4 is 11.6 Å². The number of para-hydroxylation sites is 1. The molecule has 0 fully saturated rings. The van der Waals surface area contributed by atoms with Gasteiger partial charge < -0.3 is 5.32 Å². The first-order valence-electron chi connectivity index (χ1n) is 7.30. The number of hydrogen-bond donors (Lipinski definition) is 1. The Hall–Kier alpha value is -2.35. The standard InChI is InChI=1S/C16H19F3N4O/c1-11-12(9-23(3)21-11)8-22(2)10-15(24)20-14-7-5-4-6-13(14)16(17,18)19/h4-7,9H,8,10H2,1-3H3,(H,20,24). The van der Waals surface area contributed by atoms with Crippen LogP contribution in [0.4, 0.5) is 18.9 Å². The van der Waals surface area contributed by atoms with Crippen molar-refractivity contribution in [3.63, 3.8) is 0 Å². The fraction of sp³-hybridized carbons (Fsp3) is 0.375. The van der Waals surface area contributed by atoms with Crippen molar-refractivity contribution in [2.24, 2.45) is 7.05 Å². The molecule has 5 nitrogen and oxygen atoms in total. The van der Waals surface area contributed by atoms with Crippen molar-refractivity contribution in [2.45, 2.75) is 19.6 Å². The Balaban J connectivity index is 2.00. The second kappa shape index (κ2) is 7.04. The zero-order valence-electron chi connectivity index (χ0n) is 13.7. The number of alkyl halides is 3. The van der Waals surface area contributed by atoms with Crippen LogP contribution in [0.5, 0.6) is 0 Å². The molecule has 1 heterocycles. The summed E-state index contributed by atoms with van der Waals surface area (Å²) >= 11 is 0. The highest BCUT2D eigenvalue weighted by Gasteiger charge is 2.33. The second-order valence-electron chi connectivity index (χ2n) is 5.68. The molecule has 0 aliphatic carbocycles. The van der Waals surface area contributed by atoms with Gasteiger partial charge in [-0.15, -0.1) is 0 Å². The number of aromatic nitrogens is 2. The van der Waals surface area contributed by atoms with Crippen LogP contribution in [0.25, 0.3) is 0 Å². The van der Waals surface area contributed by atoms with E-state index in [1.807, 2.05) is 13.1 Å². The highest BCUT2D eigenvalue weighted by atomic mass is 19.4. The van der Waals surface area contributed by atoms with Crippen molar-refractivity contribution in [1.29, 1.82) is 0 Å². The maximum atomic E-state index is 12.9. The third-order valence-corrected chi connectivity index (χ3v) is 3.48. The van der Waals surface area contributed by atoms with E-state index >= 15 is 0 Å². The molecular weight excluding hydrogens is 321 g/mol. The molecule has 1 aromatic heterocycles. The van der Waals surface area contributed by atoms with Crippen LogP contribution >= 0.6 is 0 Å². The van der Waals surface area contributed by atoms with Gasteiger partial charge in [0.1, 0.15) is 0 Å². The lowest BCUT2D eigenvalue weighted by molar-refractivity contribution is -0.137. The number of benzene rings is 1. The molecule has 1 amide bonds. The SMILES string of the molecule is Cc1nn(C)cc1CN(C)CC(=O)Nc1ccccc1C(F)(F)F. The number of nitrogens with one attached hydrogen (secondary N) is 1. The molecule has 0 saturated carbocycles. The smallest absolute Gasteiger partial charge is 0.324 e. The van der Waals surface area contributed by atoms with E-state index in [0.29, 0.717) is 6.54 Å². The molecule has 0 unspecified atom stereocenters. The first-order valence-corrected chi connectivity index (χ1v) is 7.30. The molecule has 0 radical (unpaired) electrons. The molecule has 24 heavy (non-hydrogen) atoms. The quantitative estimate of drug-likeness (QED) is 0.911. The highest BCUT2D eigenvalue weighted by Crippen LogP contribution is 2.34. The first-order chi connectivity index (χ1) is 11.2. The van der Waals surface area contributed by atoms with Crippen LogP contribution in [0, 0.1) is 6.92 Å². The third kappa shape index (κ3) is 4.58. The summed E-state index contributed by atoms with van der Waals surface area (Å²) in [5.74, 6) is -0.504. The minimum atomic E-state index is -4.51.